The van der Waals surface area contributed by atoms with E-state index < -0.39 is 6.09 Å². The maximum Gasteiger partial charge on any atom is 0.411 e. The largest absolute Gasteiger partial charge is 0.453 e. The standard InChI is InChI=1S/C21H30N6O2.HI/c1-4-23-20(24-13-17-5-7-18(8-6-17)25-21(28)29-3)26-11-9-16(2)19(14-26)27-12-10-22-15-27;/h5-8,10,12,15-16,19H,4,9,11,13-14H2,1-3H3,(H,23,24)(H,25,28);1H. The normalized spacial score (nSPS) is 19.0. The molecule has 164 valence electrons. The van der Waals surface area contributed by atoms with Crippen LogP contribution in [0.1, 0.15) is 31.9 Å². The number of hydrogen-bond donors (Lipinski definition) is 2. The molecule has 1 aromatic heterocycles. The molecule has 0 saturated carbocycles. The maximum absolute atomic E-state index is 11.3. The molecule has 1 aliphatic heterocycles. The Morgan fingerprint density at radius 2 is 2.10 bits per heavy atom. The molecule has 3 rings (SSSR count). The number of carbonyl (C=O) groups is 1. The highest BCUT2D eigenvalue weighted by molar-refractivity contribution is 14.0. The van der Waals surface area contributed by atoms with Crippen molar-refractivity contribution in [3.63, 3.8) is 0 Å². The van der Waals surface area contributed by atoms with Gasteiger partial charge in [0.15, 0.2) is 5.96 Å². The molecule has 2 aromatic rings. The fourth-order valence-corrected chi connectivity index (χ4v) is 3.55. The number of ether oxygens (including phenoxy) is 1. The SMILES string of the molecule is CCNC(=NCc1ccc(NC(=O)OC)cc1)N1CCC(C)C(n2ccnc2)C1.I. The van der Waals surface area contributed by atoms with Crippen LogP contribution in [0.25, 0.3) is 0 Å². The smallest absolute Gasteiger partial charge is 0.411 e. The third-order valence-electron chi connectivity index (χ3n) is 5.26. The number of carbonyl (C=O) groups excluding carboxylic acids is 1. The number of likely N-dealkylation sites (tertiary alicyclic amines) is 1. The fourth-order valence-electron chi connectivity index (χ4n) is 3.55. The Hall–Kier alpha value is -2.30. The molecule has 0 spiro atoms. The molecule has 2 N–H and O–H groups in total. The molecular weight excluding hydrogens is 495 g/mol. The molecule has 0 radical (unpaired) electrons. The minimum absolute atomic E-state index is 0. The third-order valence-corrected chi connectivity index (χ3v) is 5.26. The van der Waals surface area contributed by atoms with Crippen molar-refractivity contribution in [1.82, 2.24) is 19.8 Å². The van der Waals surface area contributed by atoms with Crippen LogP contribution >= 0.6 is 24.0 Å². The average Bonchev–Trinajstić information content (AvgIpc) is 3.27. The Balaban J connectivity index is 0.00000320. The zero-order valence-corrected chi connectivity index (χ0v) is 20.1. The highest BCUT2D eigenvalue weighted by Gasteiger charge is 2.28. The fraction of sp³-hybridized carbons (Fsp3) is 0.476. The Morgan fingerprint density at radius 3 is 2.73 bits per heavy atom. The van der Waals surface area contributed by atoms with Crippen molar-refractivity contribution in [2.75, 3.05) is 32.1 Å². The van der Waals surface area contributed by atoms with Crippen LogP contribution in [0, 0.1) is 5.92 Å². The molecule has 1 fully saturated rings. The Labute approximate surface area is 195 Å². The zero-order chi connectivity index (χ0) is 20.6. The van der Waals surface area contributed by atoms with Crippen molar-refractivity contribution >= 4 is 41.7 Å². The lowest BCUT2D eigenvalue weighted by atomic mass is 9.93. The first-order chi connectivity index (χ1) is 14.1. The van der Waals surface area contributed by atoms with E-state index in [-0.39, 0.29) is 24.0 Å². The number of aromatic nitrogens is 2. The lowest BCUT2D eigenvalue weighted by Gasteiger charge is -2.39. The summed E-state index contributed by atoms with van der Waals surface area (Å²) < 4.78 is 6.81. The van der Waals surface area contributed by atoms with Gasteiger partial charge in [0.1, 0.15) is 0 Å². The molecule has 2 heterocycles. The van der Waals surface area contributed by atoms with Crippen LogP contribution < -0.4 is 10.6 Å². The number of hydrogen-bond acceptors (Lipinski definition) is 4. The molecule has 1 amide bonds. The van der Waals surface area contributed by atoms with E-state index in [0.29, 0.717) is 24.2 Å². The van der Waals surface area contributed by atoms with Crippen LogP contribution in [0.3, 0.4) is 0 Å². The van der Waals surface area contributed by atoms with Crippen molar-refractivity contribution in [2.45, 2.75) is 32.9 Å². The minimum Gasteiger partial charge on any atom is -0.453 e. The summed E-state index contributed by atoms with van der Waals surface area (Å²) in [6, 6.07) is 8.02. The summed E-state index contributed by atoms with van der Waals surface area (Å²) in [4.78, 5) is 22.7. The molecule has 30 heavy (non-hydrogen) atoms. The number of piperidine rings is 1. The first-order valence-corrected chi connectivity index (χ1v) is 10.0. The number of aliphatic imine (C=N–C) groups is 1. The number of guanidine groups is 1. The van der Waals surface area contributed by atoms with Gasteiger partial charge < -0.3 is 19.5 Å². The van der Waals surface area contributed by atoms with E-state index in [9.17, 15) is 4.79 Å². The van der Waals surface area contributed by atoms with E-state index in [1.165, 1.54) is 7.11 Å². The molecule has 2 unspecified atom stereocenters. The Kier molecular flexibility index (Phi) is 9.41. The molecule has 2 atom stereocenters. The van der Waals surface area contributed by atoms with Crippen LogP contribution in [0.2, 0.25) is 0 Å². The molecule has 9 heteroatoms. The average molecular weight is 526 g/mol. The van der Waals surface area contributed by atoms with E-state index in [1.807, 2.05) is 43.0 Å². The van der Waals surface area contributed by atoms with Gasteiger partial charge in [-0.15, -0.1) is 24.0 Å². The van der Waals surface area contributed by atoms with Gasteiger partial charge in [0.2, 0.25) is 0 Å². The number of benzene rings is 1. The van der Waals surface area contributed by atoms with Crippen molar-refractivity contribution < 1.29 is 9.53 Å². The number of anilines is 1. The van der Waals surface area contributed by atoms with E-state index in [2.05, 4.69) is 43.7 Å². The van der Waals surface area contributed by atoms with Crippen LogP contribution in [0.4, 0.5) is 10.5 Å². The summed E-state index contributed by atoms with van der Waals surface area (Å²) in [6.45, 7) is 7.68. The number of rotatable bonds is 5. The van der Waals surface area contributed by atoms with Gasteiger partial charge in [0.25, 0.3) is 0 Å². The van der Waals surface area contributed by atoms with Gasteiger partial charge in [-0.05, 0) is 37.0 Å². The van der Waals surface area contributed by atoms with E-state index in [0.717, 1.165) is 37.6 Å². The molecule has 1 saturated heterocycles. The molecule has 0 aliphatic carbocycles. The van der Waals surface area contributed by atoms with Crippen LogP contribution in [0.15, 0.2) is 48.0 Å². The predicted octanol–water partition coefficient (Wildman–Crippen LogP) is 3.73. The summed E-state index contributed by atoms with van der Waals surface area (Å²) in [5.41, 5.74) is 1.78. The highest BCUT2D eigenvalue weighted by Crippen LogP contribution is 2.27. The molecule has 1 aromatic carbocycles. The van der Waals surface area contributed by atoms with Crippen molar-refractivity contribution in [2.24, 2.45) is 10.9 Å². The zero-order valence-electron chi connectivity index (χ0n) is 17.7. The number of amides is 1. The number of halogens is 1. The summed E-state index contributed by atoms with van der Waals surface area (Å²) in [5, 5.41) is 6.08. The van der Waals surface area contributed by atoms with Gasteiger partial charge in [-0.3, -0.25) is 5.32 Å². The van der Waals surface area contributed by atoms with Crippen LogP contribution in [0.5, 0.6) is 0 Å². The molecule has 0 bridgehead atoms. The monoisotopic (exact) mass is 526 g/mol. The maximum atomic E-state index is 11.3. The van der Waals surface area contributed by atoms with Gasteiger partial charge in [-0.1, -0.05) is 19.1 Å². The number of nitrogens with one attached hydrogen (secondary N) is 2. The lowest BCUT2D eigenvalue weighted by molar-refractivity contribution is 0.187. The summed E-state index contributed by atoms with van der Waals surface area (Å²) in [5.74, 6) is 1.53. The first-order valence-electron chi connectivity index (χ1n) is 10.0. The number of nitrogens with zero attached hydrogens (tertiary/aromatic N) is 4. The van der Waals surface area contributed by atoms with E-state index in [4.69, 9.17) is 4.99 Å². The van der Waals surface area contributed by atoms with E-state index in [1.54, 1.807) is 0 Å². The van der Waals surface area contributed by atoms with Crippen LogP contribution in [-0.4, -0.2) is 53.2 Å². The highest BCUT2D eigenvalue weighted by atomic mass is 127. The van der Waals surface area contributed by atoms with Gasteiger partial charge in [-0.25, -0.2) is 14.8 Å². The Morgan fingerprint density at radius 1 is 1.33 bits per heavy atom. The predicted molar refractivity (Wildman–Crippen MR) is 129 cm³/mol. The molecule has 1 aliphatic rings. The van der Waals surface area contributed by atoms with Gasteiger partial charge >= 0.3 is 6.09 Å². The van der Waals surface area contributed by atoms with Crippen LogP contribution in [-0.2, 0) is 11.3 Å². The summed E-state index contributed by atoms with van der Waals surface area (Å²) >= 11 is 0. The topological polar surface area (TPSA) is 83.8 Å². The Bertz CT molecular complexity index is 809. The van der Waals surface area contributed by atoms with Gasteiger partial charge in [0.05, 0.1) is 26.0 Å². The molecule has 8 nitrogen and oxygen atoms in total. The third kappa shape index (κ3) is 6.35. The van der Waals surface area contributed by atoms with Gasteiger partial charge in [0, 0.05) is 37.7 Å². The van der Waals surface area contributed by atoms with Crippen molar-refractivity contribution in [3.8, 4) is 0 Å². The number of imidazole rings is 1. The van der Waals surface area contributed by atoms with Gasteiger partial charge in [-0.2, -0.15) is 0 Å². The summed E-state index contributed by atoms with van der Waals surface area (Å²) in [7, 11) is 1.35. The quantitative estimate of drug-likeness (QED) is 0.353. The summed E-state index contributed by atoms with van der Waals surface area (Å²) in [6.07, 6.45) is 6.42. The second-order valence-electron chi connectivity index (χ2n) is 7.27. The van der Waals surface area contributed by atoms with Crippen molar-refractivity contribution in [3.05, 3.63) is 48.5 Å². The van der Waals surface area contributed by atoms with Crippen molar-refractivity contribution in [1.29, 1.82) is 0 Å². The second kappa shape index (κ2) is 11.8. The second-order valence-corrected chi connectivity index (χ2v) is 7.27. The minimum atomic E-state index is -0.475. The number of methoxy groups -OCH3 is 1. The first kappa shape index (κ1) is 24.0. The lowest BCUT2D eigenvalue weighted by Crippen LogP contribution is -2.49. The molecular formula is C21H31IN6O2. The van der Waals surface area contributed by atoms with E-state index >= 15 is 0 Å².